The Morgan fingerprint density at radius 1 is 0.875 bits per heavy atom. The largest absolute Gasteiger partial charge is 0.506 e. The SMILES string of the molecule is C=C/C(C)=C/C=C(N=Nc1ccc(N=Nc2ccccc2)c(C=C)c1/C=C\C)\C(O)=C\C. The van der Waals surface area contributed by atoms with Crippen LogP contribution < -0.4 is 0 Å². The quantitative estimate of drug-likeness (QED) is 0.243. The molecule has 2 rings (SSSR count). The minimum atomic E-state index is 0.0340. The zero-order valence-corrected chi connectivity index (χ0v) is 18.7. The molecule has 0 atom stereocenters. The number of azo groups is 2. The predicted octanol–water partition coefficient (Wildman–Crippen LogP) is 9.34. The Morgan fingerprint density at radius 2 is 1.56 bits per heavy atom. The van der Waals surface area contributed by atoms with Crippen molar-refractivity contribution < 1.29 is 5.11 Å². The van der Waals surface area contributed by atoms with E-state index < -0.39 is 0 Å². The van der Waals surface area contributed by atoms with Gasteiger partial charge in [-0.1, -0.05) is 67.3 Å². The summed E-state index contributed by atoms with van der Waals surface area (Å²) >= 11 is 0. The molecule has 0 aliphatic heterocycles. The van der Waals surface area contributed by atoms with Crippen molar-refractivity contribution in [2.75, 3.05) is 0 Å². The fraction of sp³-hybridized carbons (Fsp3) is 0.111. The molecular formula is C27H28N4O. The van der Waals surface area contributed by atoms with Crippen molar-refractivity contribution in [3.8, 4) is 0 Å². The van der Waals surface area contributed by atoms with Crippen molar-refractivity contribution in [2.45, 2.75) is 20.8 Å². The number of rotatable bonds is 9. The van der Waals surface area contributed by atoms with Crippen LogP contribution in [0.5, 0.6) is 0 Å². The van der Waals surface area contributed by atoms with Crippen molar-refractivity contribution in [1.29, 1.82) is 0 Å². The fourth-order valence-corrected chi connectivity index (χ4v) is 2.65. The molecule has 2 aromatic carbocycles. The van der Waals surface area contributed by atoms with E-state index in [1.807, 2.05) is 74.5 Å². The average molecular weight is 425 g/mol. The predicted molar refractivity (Wildman–Crippen MR) is 135 cm³/mol. The van der Waals surface area contributed by atoms with Crippen molar-refractivity contribution in [2.24, 2.45) is 20.5 Å². The molecular weight excluding hydrogens is 396 g/mol. The molecule has 0 bridgehead atoms. The summed E-state index contributed by atoms with van der Waals surface area (Å²) in [4.78, 5) is 0. The molecule has 0 radical (unpaired) electrons. The van der Waals surface area contributed by atoms with E-state index in [0.717, 1.165) is 22.4 Å². The standard InChI is InChI=1S/C27H28N4O/c1-6-13-23-22(8-3)24(29-28-21-14-11-10-12-15-21)18-19-25(23)30-31-26(27(32)9-4)17-16-20(5)7-2/h6-19,32H,2-3H2,1,4-5H3/b13-6-,20-16+,26-17+,27-9-,29-28?,31-30?. The third kappa shape index (κ3) is 6.71. The first-order valence-corrected chi connectivity index (χ1v) is 10.2. The summed E-state index contributed by atoms with van der Waals surface area (Å²) in [5, 5.41) is 27.6. The Hall–Kier alpha value is -4.12. The van der Waals surface area contributed by atoms with Crippen LogP contribution >= 0.6 is 0 Å². The summed E-state index contributed by atoms with van der Waals surface area (Å²) in [6, 6.07) is 13.2. The Balaban J connectivity index is 2.52. The highest BCUT2D eigenvalue weighted by molar-refractivity contribution is 5.80. The van der Waals surface area contributed by atoms with Gasteiger partial charge in [0.15, 0.2) is 0 Å². The van der Waals surface area contributed by atoms with Crippen LogP contribution in [-0.2, 0) is 0 Å². The Labute approximate surface area is 190 Å². The summed E-state index contributed by atoms with van der Waals surface area (Å²) in [5.41, 5.74) is 4.95. The van der Waals surface area contributed by atoms with Crippen molar-refractivity contribution in [3.63, 3.8) is 0 Å². The average Bonchev–Trinajstić information content (AvgIpc) is 2.83. The molecule has 0 spiro atoms. The van der Waals surface area contributed by atoms with Gasteiger partial charge in [0.2, 0.25) is 0 Å². The lowest BCUT2D eigenvalue weighted by Crippen LogP contribution is -1.86. The van der Waals surface area contributed by atoms with Crippen molar-refractivity contribution in [3.05, 3.63) is 114 Å². The topological polar surface area (TPSA) is 69.7 Å². The molecule has 0 aliphatic rings. The smallest absolute Gasteiger partial charge is 0.138 e. The zero-order chi connectivity index (χ0) is 23.3. The molecule has 2 aromatic rings. The third-order valence-electron chi connectivity index (χ3n) is 4.44. The van der Waals surface area contributed by atoms with E-state index in [0.29, 0.717) is 17.1 Å². The molecule has 0 aromatic heterocycles. The zero-order valence-electron chi connectivity index (χ0n) is 18.7. The summed E-state index contributed by atoms with van der Waals surface area (Å²) in [6.07, 6.45) is 12.4. The second-order valence-corrected chi connectivity index (χ2v) is 6.71. The van der Waals surface area contributed by atoms with Gasteiger partial charge in [-0.15, -0.1) is 15.3 Å². The summed E-state index contributed by atoms with van der Waals surface area (Å²) in [7, 11) is 0. The van der Waals surface area contributed by atoms with E-state index in [-0.39, 0.29) is 5.76 Å². The van der Waals surface area contributed by atoms with E-state index in [9.17, 15) is 5.11 Å². The number of hydrogen-bond donors (Lipinski definition) is 1. The van der Waals surface area contributed by atoms with Gasteiger partial charge in [0.05, 0.1) is 17.1 Å². The summed E-state index contributed by atoms with van der Waals surface area (Å²) in [6.45, 7) is 13.2. The normalized spacial score (nSPS) is 13.4. The monoisotopic (exact) mass is 424 g/mol. The maximum atomic E-state index is 10.2. The molecule has 0 saturated heterocycles. The molecule has 0 amide bonds. The maximum Gasteiger partial charge on any atom is 0.138 e. The van der Waals surface area contributed by atoms with Crippen LogP contribution in [0.2, 0.25) is 0 Å². The summed E-state index contributed by atoms with van der Waals surface area (Å²) < 4.78 is 0. The van der Waals surface area contributed by atoms with Gasteiger partial charge < -0.3 is 5.11 Å². The molecule has 32 heavy (non-hydrogen) atoms. The van der Waals surface area contributed by atoms with Crippen LogP contribution in [0.1, 0.15) is 31.9 Å². The van der Waals surface area contributed by atoms with Gasteiger partial charge in [-0.05, 0) is 57.2 Å². The maximum absolute atomic E-state index is 10.2. The van der Waals surface area contributed by atoms with Gasteiger partial charge in [-0.25, -0.2) is 0 Å². The van der Waals surface area contributed by atoms with E-state index in [1.165, 1.54) is 0 Å². The van der Waals surface area contributed by atoms with E-state index in [4.69, 9.17) is 0 Å². The number of benzene rings is 2. The van der Waals surface area contributed by atoms with Gasteiger partial charge in [-0.3, -0.25) is 0 Å². The van der Waals surface area contributed by atoms with Crippen LogP contribution in [0.3, 0.4) is 0 Å². The molecule has 0 aliphatic carbocycles. The van der Waals surface area contributed by atoms with E-state index in [1.54, 1.807) is 31.2 Å². The lowest BCUT2D eigenvalue weighted by Gasteiger charge is -2.08. The lowest BCUT2D eigenvalue weighted by atomic mass is 10.0. The molecule has 0 heterocycles. The second-order valence-electron chi connectivity index (χ2n) is 6.71. The number of nitrogens with zero attached hydrogens (tertiary/aromatic N) is 4. The molecule has 162 valence electrons. The van der Waals surface area contributed by atoms with Crippen LogP contribution in [0, 0.1) is 0 Å². The minimum Gasteiger partial charge on any atom is -0.506 e. The van der Waals surface area contributed by atoms with Gasteiger partial charge >= 0.3 is 0 Å². The van der Waals surface area contributed by atoms with Crippen molar-refractivity contribution in [1.82, 2.24) is 0 Å². The van der Waals surface area contributed by atoms with E-state index in [2.05, 4.69) is 33.6 Å². The minimum absolute atomic E-state index is 0.0340. The third-order valence-corrected chi connectivity index (χ3v) is 4.44. The highest BCUT2D eigenvalue weighted by Gasteiger charge is 2.10. The molecule has 5 nitrogen and oxygen atoms in total. The van der Waals surface area contributed by atoms with Gasteiger partial charge in [0.25, 0.3) is 0 Å². The van der Waals surface area contributed by atoms with Crippen LogP contribution in [0.15, 0.2) is 123 Å². The molecule has 5 heteroatoms. The lowest BCUT2D eigenvalue weighted by molar-refractivity contribution is 0.420. The Bertz CT molecular complexity index is 1130. The second kappa shape index (κ2) is 12.5. The Morgan fingerprint density at radius 3 is 2.16 bits per heavy atom. The first kappa shape index (κ1) is 24.2. The molecule has 0 fully saturated rings. The van der Waals surface area contributed by atoms with Crippen LogP contribution in [0.25, 0.3) is 12.2 Å². The molecule has 0 unspecified atom stereocenters. The van der Waals surface area contributed by atoms with Crippen molar-refractivity contribution >= 4 is 29.2 Å². The van der Waals surface area contributed by atoms with Crippen LogP contribution in [0.4, 0.5) is 17.1 Å². The number of hydrogen-bond acceptors (Lipinski definition) is 5. The van der Waals surface area contributed by atoms with Gasteiger partial charge in [0, 0.05) is 11.1 Å². The summed E-state index contributed by atoms with van der Waals surface area (Å²) in [5.74, 6) is 0.0340. The number of aliphatic hydroxyl groups excluding tert-OH is 1. The Kier molecular flexibility index (Phi) is 9.47. The van der Waals surface area contributed by atoms with Gasteiger partial charge in [0.1, 0.15) is 11.5 Å². The fourth-order valence-electron chi connectivity index (χ4n) is 2.65. The number of aliphatic hydroxyl groups is 1. The van der Waals surface area contributed by atoms with Crippen LogP contribution in [-0.4, -0.2) is 5.11 Å². The highest BCUT2D eigenvalue weighted by Crippen LogP contribution is 2.34. The first-order valence-electron chi connectivity index (χ1n) is 10.2. The first-order chi connectivity index (χ1) is 15.5. The van der Waals surface area contributed by atoms with Gasteiger partial charge in [-0.2, -0.15) is 5.11 Å². The highest BCUT2D eigenvalue weighted by atomic mass is 16.3. The number of allylic oxidation sites excluding steroid dienone is 6. The molecule has 1 N–H and O–H groups in total. The molecule has 0 saturated carbocycles. The van der Waals surface area contributed by atoms with E-state index >= 15 is 0 Å².